The molecular weight excluding hydrogens is 325 g/mol. The second-order valence-corrected chi connectivity index (χ2v) is 6.19. The van der Waals surface area contributed by atoms with Gasteiger partial charge < -0.3 is 5.73 Å². The van der Waals surface area contributed by atoms with Crippen LogP contribution < -0.4 is 5.73 Å². The number of nitrogens with two attached hydrogens (primary N) is 1. The smallest absolute Gasteiger partial charge is 0.124 e. The summed E-state index contributed by atoms with van der Waals surface area (Å²) in [6, 6.07) is 12.6. The molecule has 0 radical (unpaired) electrons. The molecule has 0 aliphatic carbocycles. The summed E-state index contributed by atoms with van der Waals surface area (Å²) < 4.78 is 15.4. The average Bonchev–Trinajstić information content (AvgIpc) is 2.80. The summed E-state index contributed by atoms with van der Waals surface area (Å²) in [4.78, 5) is 0. The van der Waals surface area contributed by atoms with Crippen molar-refractivity contribution in [3.05, 3.63) is 69.3 Å². The van der Waals surface area contributed by atoms with Crippen LogP contribution in [0.15, 0.2) is 52.3 Å². The number of benzene rings is 2. The van der Waals surface area contributed by atoms with Crippen molar-refractivity contribution in [1.29, 1.82) is 0 Å². The maximum absolute atomic E-state index is 13.5. The summed E-state index contributed by atoms with van der Waals surface area (Å²) in [5.74, 6) is -0.278. The quantitative estimate of drug-likeness (QED) is 0.711. The minimum Gasteiger partial charge on any atom is -0.320 e. The molecule has 0 amide bonds. The van der Waals surface area contributed by atoms with Gasteiger partial charge in [-0.15, -0.1) is 11.3 Å². The van der Waals surface area contributed by atoms with E-state index in [2.05, 4.69) is 28.1 Å². The standard InChI is InChI=1S/C15H11BrFNS/c16-10-5-9(6-11(17)7-10)15(18)13-8-19-14-4-2-1-3-12(13)14/h1-8,15H,18H2. The van der Waals surface area contributed by atoms with Crippen LogP contribution in [0.5, 0.6) is 0 Å². The molecule has 0 aliphatic heterocycles. The minimum absolute atomic E-state index is 0.278. The highest BCUT2D eigenvalue weighted by atomic mass is 79.9. The molecule has 0 aliphatic rings. The van der Waals surface area contributed by atoms with E-state index in [1.54, 1.807) is 11.3 Å². The van der Waals surface area contributed by atoms with Crippen molar-refractivity contribution in [2.45, 2.75) is 6.04 Å². The largest absolute Gasteiger partial charge is 0.320 e. The molecule has 2 N–H and O–H groups in total. The van der Waals surface area contributed by atoms with E-state index >= 15 is 0 Å². The molecule has 0 bridgehead atoms. The first-order valence-corrected chi connectivity index (χ1v) is 7.50. The van der Waals surface area contributed by atoms with Crippen LogP contribution in [0.4, 0.5) is 4.39 Å². The van der Waals surface area contributed by atoms with E-state index in [1.807, 2.05) is 23.6 Å². The Morgan fingerprint density at radius 1 is 1.16 bits per heavy atom. The van der Waals surface area contributed by atoms with Crippen molar-refractivity contribution in [3.63, 3.8) is 0 Å². The Kier molecular flexibility index (Phi) is 3.39. The number of hydrogen-bond donors (Lipinski definition) is 1. The molecule has 4 heteroatoms. The van der Waals surface area contributed by atoms with Crippen molar-refractivity contribution in [2.75, 3.05) is 0 Å². The topological polar surface area (TPSA) is 26.0 Å². The lowest BCUT2D eigenvalue weighted by atomic mass is 9.99. The van der Waals surface area contributed by atoms with Gasteiger partial charge in [-0.3, -0.25) is 0 Å². The number of hydrogen-bond acceptors (Lipinski definition) is 2. The Morgan fingerprint density at radius 2 is 1.95 bits per heavy atom. The molecule has 0 fully saturated rings. The summed E-state index contributed by atoms with van der Waals surface area (Å²) in [5.41, 5.74) is 8.10. The average molecular weight is 336 g/mol. The number of rotatable bonds is 2. The van der Waals surface area contributed by atoms with Crippen LogP contribution in [0.2, 0.25) is 0 Å². The van der Waals surface area contributed by atoms with Crippen LogP contribution >= 0.6 is 27.3 Å². The van der Waals surface area contributed by atoms with Gasteiger partial charge in [0.05, 0.1) is 6.04 Å². The molecule has 0 spiro atoms. The fraction of sp³-hybridized carbons (Fsp3) is 0.0667. The molecule has 1 atom stereocenters. The zero-order valence-corrected chi connectivity index (χ0v) is 12.3. The van der Waals surface area contributed by atoms with Gasteiger partial charge in [-0.25, -0.2) is 4.39 Å². The molecule has 3 aromatic rings. The third-order valence-corrected chi connectivity index (χ3v) is 4.53. The van der Waals surface area contributed by atoms with Crippen molar-refractivity contribution in [1.82, 2.24) is 0 Å². The number of thiophene rings is 1. The highest BCUT2D eigenvalue weighted by Gasteiger charge is 2.15. The van der Waals surface area contributed by atoms with Gasteiger partial charge in [-0.2, -0.15) is 0 Å². The van der Waals surface area contributed by atoms with Gasteiger partial charge in [0.2, 0.25) is 0 Å². The van der Waals surface area contributed by atoms with Gasteiger partial charge in [-0.05, 0) is 46.2 Å². The normalized spacial score (nSPS) is 12.8. The Labute approximate surface area is 123 Å². The van der Waals surface area contributed by atoms with E-state index in [0.717, 1.165) is 16.5 Å². The Hall–Kier alpha value is -1.23. The highest BCUT2D eigenvalue weighted by molar-refractivity contribution is 9.10. The van der Waals surface area contributed by atoms with Crippen LogP contribution in [0.3, 0.4) is 0 Å². The van der Waals surface area contributed by atoms with Gasteiger partial charge in [0.1, 0.15) is 5.82 Å². The van der Waals surface area contributed by atoms with Gasteiger partial charge in [0.15, 0.2) is 0 Å². The first-order valence-electron chi connectivity index (χ1n) is 5.83. The molecule has 96 valence electrons. The van der Waals surface area contributed by atoms with E-state index in [0.29, 0.717) is 4.47 Å². The monoisotopic (exact) mass is 335 g/mol. The molecule has 1 heterocycles. The maximum atomic E-state index is 13.5. The van der Waals surface area contributed by atoms with E-state index < -0.39 is 0 Å². The van der Waals surface area contributed by atoms with Crippen molar-refractivity contribution >= 4 is 37.4 Å². The van der Waals surface area contributed by atoms with E-state index in [4.69, 9.17) is 5.73 Å². The van der Waals surface area contributed by atoms with Gasteiger partial charge >= 0.3 is 0 Å². The molecular formula is C15H11BrFNS. The Bertz CT molecular complexity index is 718. The van der Waals surface area contributed by atoms with Crippen LogP contribution in [0.1, 0.15) is 17.2 Å². The minimum atomic E-state index is -0.317. The lowest BCUT2D eigenvalue weighted by molar-refractivity contribution is 0.622. The van der Waals surface area contributed by atoms with Crippen LogP contribution in [-0.2, 0) is 0 Å². The molecule has 2 aromatic carbocycles. The Balaban J connectivity index is 2.10. The predicted octanol–water partition coefficient (Wildman–Crippen LogP) is 4.85. The number of halogens is 2. The third kappa shape index (κ3) is 2.43. The van der Waals surface area contributed by atoms with E-state index in [1.165, 1.54) is 16.8 Å². The first-order chi connectivity index (χ1) is 9.15. The summed E-state index contributed by atoms with van der Waals surface area (Å²) >= 11 is 4.96. The molecule has 19 heavy (non-hydrogen) atoms. The zero-order chi connectivity index (χ0) is 13.4. The molecule has 1 aromatic heterocycles. The fourth-order valence-electron chi connectivity index (χ4n) is 2.17. The lowest BCUT2D eigenvalue weighted by Crippen LogP contribution is -2.11. The molecule has 1 unspecified atom stereocenters. The molecule has 0 saturated heterocycles. The summed E-state index contributed by atoms with van der Waals surface area (Å²) in [5, 5.41) is 3.19. The zero-order valence-electron chi connectivity index (χ0n) is 9.94. The summed E-state index contributed by atoms with van der Waals surface area (Å²) in [6.45, 7) is 0. The summed E-state index contributed by atoms with van der Waals surface area (Å²) in [7, 11) is 0. The fourth-order valence-corrected chi connectivity index (χ4v) is 3.65. The molecule has 0 saturated carbocycles. The van der Waals surface area contributed by atoms with Crippen LogP contribution in [0, 0.1) is 5.82 Å². The summed E-state index contributed by atoms with van der Waals surface area (Å²) in [6.07, 6.45) is 0. The predicted molar refractivity (Wildman–Crippen MR) is 82.0 cm³/mol. The van der Waals surface area contributed by atoms with Crippen molar-refractivity contribution < 1.29 is 4.39 Å². The van der Waals surface area contributed by atoms with Crippen molar-refractivity contribution in [2.24, 2.45) is 5.73 Å². The number of fused-ring (bicyclic) bond motifs is 1. The second kappa shape index (κ2) is 5.04. The van der Waals surface area contributed by atoms with Gasteiger partial charge in [0.25, 0.3) is 0 Å². The van der Waals surface area contributed by atoms with Gasteiger partial charge in [-0.1, -0.05) is 34.1 Å². The molecule has 1 nitrogen and oxygen atoms in total. The Morgan fingerprint density at radius 3 is 2.74 bits per heavy atom. The van der Waals surface area contributed by atoms with E-state index in [9.17, 15) is 4.39 Å². The van der Waals surface area contributed by atoms with E-state index in [-0.39, 0.29) is 11.9 Å². The first kappa shape index (κ1) is 12.8. The molecule has 3 rings (SSSR count). The van der Waals surface area contributed by atoms with Crippen LogP contribution in [-0.4, -0.2) is 0 Å². The highest BCUT2D eigenvalue weighted by Crippen LogP contribution is 2.33. The second-order valence-electron chi connectivity index (χ2n) is 4.37. The SMILES string of the molecule is NC(c1cc(F)cc(Br)c1)c1csc2ccccc12. The van der Waals surface area contributed by atoms with Crippen molar-refractivity contribution in [3.8, 4) is 0 Å². The van der Waals surface area contributed by atoms with Gasteiger partial charge in [0, 0.05) is 9.17 Å². The van der Waals surface area contributed by atoms with Crippen LogP contribution in [0.25, 0.3) is 10.1 Å². The lowest BCUT2D eigenvalue weighted by Gasteiger charge is -2.12. The maximum Gasteiger partial charge on any atom is 0.124 e. The third-order valence-electron chi connectivity index (χ3n) is 3.09.